The predicted octanol–water partition coefficient (Wildman–Crippen LogP) is 3.93. The predicted molar refractivity (Wildman–Crippen MR) is 135 cm³/mol. The van der Waals surface area contributed by atoms with Crippen LogP contribution < -0.4 is 0 Å². The smallest absolute Gasteiger partial charge is 0.192 e. The van der Waals surface area contributed by atoms with E-state index in [1.165, 1.54) is 18.2 Å². The number of hydrogen-bond donors (Lipinski definition) is 2. The molecule has 3 saturated carbocycles. The van der Waals surface area contributed by atoms with Gasteiger partial charge in [0, 0.05) is 40.8 Å². The van der Waals surface area contributed by atoms with Gasteiger partial charge in [-0.3, -0.25) is 14.4 Å². The zero-order chi connectivity index (χ0) is 27.3. The third-order valence-electron chi connectivity index (χ3n) is 10.5. The summed E-state index contributed by atoms with van der Waals surface area (Å²) in [5.41, 5.74) is -5.24. The summed E-state index contributed by atoms with van der Waals surface area (Å²) in [5, 5.41) is 23.9. The number of ketones is 2. The summed E-state index contributed by atoms with van der Waals surface area (Å²) < 4.78 is 33.1. The Balaban J connectivity index is 1.39. The second-order valence-corrected chi connectivity index (χ2v) is 12.6. The highest BCUT2D eigenvalue weighted by atomic mass is 35.5. The average molecular weight is 548 g/mol. The Bertz CT molecular complexity index is 1250. The highest BCUT2D eigenvalue weighted by Gasteiger charge is 2.79. The molecule has 0 bridgehead atoms. The quantitative estimate of drug-likeness (QED) is 0.594. The van der Waals surface area contributed by atoms with Crippen molar-refractivity contribution in [3.63, 3.8) is 0 Å². The fourth-order valence-electron chi connectivity index (χ4n) is 8.83. The van der Waals surface area contributed by atoms with Gasteiger partial charge in [-0.1, -0.05) is 36.7 Å². The lowest BCUT2D eigenvalue weighted by molar-refractivity contribution is -0.269. The van der Waals surface area contributed by atoms with E-state index >= 15 is 8.78 Å². The molecule has 0 amide bonds. The normalized spacial score (nSPS) is 45.7. The Labute approximate surface area is 225 Å². The van der Waals surface area contributed by atoms with Crippen LogP contribution in [0.15, 0.2) is 48.1 Å². The first-order valence-electron chi connectivity index (χ1n) is 13.2. The van der Waals surface area contributed by atoms with Crippen LogP contribution in [0.3, 0.4) is 0 Å². The first-order valence-corrected chi connectivity index (χ1v) is 13.6. The zero-order valence-electron chi connectivity index (χ0n) is 21.4. The molecule has 1 heterocycles. The molecule has 9 atom stereocenters. The van der Waals surface area contributed by atoms with E-state index in [2.05, 4.69) is 0 Å². The van der Waals surface area contributed by atoms with Crippen molar-refractivity contribution >= 4 is 23.2 Å². The molecule has 0 aromatic heterocycles. The lowest BCUT2D eigenvalue weighted by Crippen LogP contribution is -2.70. The molecule has 204 valence electrons. The molecule has 4 aliphatic carbocycles. The Morgan fingerprint density at radius 3 is 2.61 bits per heavy atom. The number of nitrogens with zero attached hydrogens (tertiary/aromatic N) is 1. The number of carbonyl (C=O) groups is 2. The van der Waals surface area contributed by atoms with Gasteiger partial charge in [-0.05, 0) is 67.5 Å². The second-order valence-electron chi connectivity index (χ2n) is 12.1. The van der Waals surface area contributed by atoms with E-state index < -0.39 is 64.4 Å². The van der Waals surface area contributed by atoms with Crippen molar-refractivity contribution in [2.24, 2.45) is 28.6 Å². The number of allylic oxidation sites excluding steroid dienone is 4. The van der Waals surface area contributed by atoms with Crippen molar-refractivity contribution in [2.75, 3.05) is 13.2 Å². The highest BCUT2D eigenvalue weighted by molar-refractivity contribution is 6.30. The first kappa shape index (κ1) is 26.3. The van der Waals surface area contributed by atoms with Gasteiger partial charge >= 0.3 is 0 Å². The van der Waals surface area contributed by atoms with Crippen molar-refractivity contribution < 1.29 is 33.4 Å². The molecule has 2 N–H and O–H groups in total. The van der Waals surface area contributed by atoms with E-state index in [1.807, 2.05) is 19.1 Å². The molecule has 9 heteroatoms. The second kappa shape index (κ2) is 8.51. The largest absolute Gasteiger partial charge is 0.390 e. The van der Waals surface area contributed by atoms with Crippen LogP contribution in [-0.2, 0) is 21.0 Å². The molecular formula is C29H32ClF2NO5. The Hall–Kier alpha value is -1.97. The lowest BCUT2D eigenvalue weighted by atomic mass is 9.44. The number of carbonyl (C=O) groups excluding carboxylic acids is 2. The molecule has 5 aliphatic rings. The summed E-state index contributed by atoms with van der Waals surface area (Å²) in [6.45, 7) is 3.38. The molecule has 1 saturated heterocycles. The number of hydrogen-bond acceptors (Lipinski definition) is 6. The number of alkyl halides is 2. The van der Waals surface area contributed by atoms with Crippen LogP contribution >= 0.6 is 11.6 Å². The summed E-state index contributed by atoms with van der Waals surface area (Å²) in [6, 6.07) is 7.27. The Kier molecular flexibility index (Phi) is 5.88. The first-order chi connectivity index (χ1) is 17.9. The molecule has 1 aromatic carbocycles. The van der Waals surface area contributed by atoms with E-state index in [9.17, 15) is 19.8 Å². The number of aliphatic hydroxyl groups excluding tert-OH is 2. The molecule has 6 rings (SSSR count). The van der Waals surface area contributed by atoms with Gasteiger partial charge in [-0.2, -0.15) is 5.06 Å². The molecule has 4 fully saturated rings. The number of aliphatic hydroxyl groups is 2. The summed E-state index contributed by atoms with van der Waals surface area (Å²) in [6.07, 6.45) is 0.841. The fourth-order valence-corrected chi connectivity index (χ4v) is 8.95. The Morgan fingerprint density at radius 2 is 1.92 bits per heavy atom. The van der Waals surface area contributed by atoms with Gasteiger partial charge in [0.25, 0.3) is 0 Å². The van der Waals surface area contributed by atoms with Gasteiger partial charge in [-0.15, -0.1) is 0 Å². The minimum absolute atomic E-state index is 0.0659. The van der Waals surface area contributed by atoms with Gasteiger partial charge in [0.15, 0.2) is 22.8 Å². The molecule has 6 nitrogen and oxygen atoms in total. The number of fused-ring (bicyclic) bond motifs is 7. The van der Waals surface area contributed by atoms with Crippen molar-refractivity contribution in [3.8, 4) is 0 Å². The SMILES string of the molecule is C[C@]12C=CC(=O)C=C1[C@@H](F)C[C@H]1[C@@H]3C[C@H]4CN(Cc5ccc(Cl)cc5)O[C@@]4(C(=O)CO)[C@@]3(C)C[C@H](O)[C@@]12F. The maximum atomic E-state index is 17.4. The van der Waals surface area contributed by atoms with Crippen LogP contribution in [-0.4, -0.2) is 63.5 Å². The summed E-state index contributed by atoms with van der Waals surface area (Å²) in [7, 11) is 0. The molecule has 0 unspecified atom stereocenters. The van der Waals surface area contributed by atoms with Crippen LogP contribution in [0.25, 0.3) is 0 Å². The summed E-state index contributed by atoms with van der Waals surface area (Å²) in [4.78, 5) is 32.0. The maximum absolute atomic E-state index is 17.4. The van der Waals surface area contributed by atoms with Gasteiger partial charge < -0.3 is 10.2 Å². The number of hydroxylamine groups is 2. The van der Waals surface area contributed by atoms with Gasteiger partial charge in [0.1, 0.15) is 12.8 Å². The minimum Gasteiger partial charge on any atom is -0.390 e. The summed E-state index contributed by atoms with van der Waals surface area (Å²) >= 11 is 6.01. The fraction of sp³-hybridized carbons (Fsp3) is 0.586. The van der Waals surface area contributed by atoms with Crippen molar-refractivity contribution in [1.82, 2.24) is 5.06 Å². The lowest BCUT2D eigenvalue weighted by Gasteiger charge is -2.63. The topological polar surface area (TPSA) is 87.1 Å². The molecule has 0 radical (unpaired) electrons. The zero-order valence-corrected chi connectivity index (χ0v) is 22.1. The highest BCUT2D eigenvalue weighted by Crippen LogP contribution is 2.72. The molecular weight excluding hydrogens is 516 g/mol. The summed E-state index contributed by atoms with van der Waals surface area (Å²) in [5.74, 6) is -2.66. The van der Waals surface area contributed by atoms with Crippen LogP contribution in [0, 0.1) is 28.6 Å². The molecule has 38 heavy (non-hydrogen) atoms. The molecule has 1 aromatic rings. The standard InChI is InChI=1S/C29H32ClF2NO5/c1-26-8-7-19(35)10-22(26)23(31)11-21-20-9-17-14-33(13-16-3-5-18(30)6-4-16)38-29(17,25(37)15-34)27(20,2)12-24(36)28(21,26)32/h3-8,10,17,20-21,23-24,34,36H,9,11-15H2,1-2H3/t17-,20-,21-,23-,24-,26-,27-,28-,29-/m0/s1. The van der Waals surface area contributed by atoms with Crippen LogP contribution in [0.1, 0.15) is 38.7 Å². The van der Waals surface area contributed by atoms with Gasteiger partial charge in [0.2, 0.25) is 0 Å². The van der Waals surface area contributed by atoms with Crippen molar-refractivity contribution in [1.29, 1.82) is 0 Å². The van der Waals surface area contributed by atoms with E-state index in [1.54, 1.807) is 24.1 Å². The van der Waals surface area contributed by atoms with Crippen LogP contribution in [0.5, 0.6) is 0 Å². The van der Waals surface area contributed by atoms with Crippen molar-refractivity contribution in [2.45, 2.75) is 63.2 Å². The number of rotatable bonds is 4. The number of halogens is 3. The van der Waals surface area contributed by atoms with E-state index in [0.29, 0.717) is 24.5 Å². The van der Waals surface area contributed by atoms with Crippen LogP contribution in [0.4, 0.5) is 8.78 Å². The van der Waals surface area contributed by atoms with Gasteiger partial charge in [0.05, 0.1) is 6.10 Å². The third-order valence-corrected chi connectivity index (χ3v) is 10.8. The monoisotopic (exact) mass is 547 g/mol. The van der Waals surface area contributed by atoms with E-state index in [0.717, 1.165) is 5.56 Å². The van der Waals surface area contributed by atoms with E-state index in [-0.39, 0.29) is 24.3 Å². The maximum Gasteiger partial charge on any atom is 0.192 e. The van der Waals surface area contributed by atoms with E-state index in [4.69, 9.17) is 16.4 Å². The van der Waals surface area contributed by atoms with Gasteiger partial charge in [-0.25, -0.2) is 8.78 Å². The number of Topliss-reactive ketones (excluding diaryl/α,β-unsaturated/α-hetero) is 1. The van der Waals surface area contributed by atoms with Crippen LogP contribution in [0.2, 0.25) is 5.02 Å². The molecule has 1 aliphatic heterocycles. The number of benzene rings is 1. The Morgan fingerprint density at radius 1 is 1.21 bits per heavy atom. The minimum atomic E-state index is -2.23. The average Bonchev–Trinajstić information content (AvgIpc) is 3.35. The van der Waals surface area contributed by atoms with Crippen molar-refractivity contribution in [3.05, 3.63) is 58.7 Å². The third kappa shape index (κ3) is 3.18. The molecule has 0 spiro atoms.